The number of phenols is 1. The molecule has 0 fully saturated rings. The van der Waals surface area contributed by atoms with Crippen molar-refractivity contribution in [2.75, 3.05) is 6.61 Å². The van der Waals surface area contributed by atoms with Gasteiger partial charge in [0, 0.05) is 17.5 Å². The zero-order valence-electron chi connectivity index (χ0n) is 15.6. The summed E-state index contributed by atoms with van der Waals surface area (Å²) in [6.07, 6.45) is 4.61. The van der Waals surface area contributed by atoms with Gasteiger partial charge in [0.1, 0.15) is 23.7 Å². The van der Waals surface area contributed by atoms with Gasteiger partial charge in [-0.3, -0.25) is 4.79 Å². The Bertz CT molecular complexity index is 733. The van der Waals surface area contributed by atoms with Crippen molar-refractivity contribution in [2.24, 2.45) is 0 Å². The van der Waals surface area contributed by atoms with Crippen molar-refractivity contribution in [3.63, 3.8) is 0 Å². The monoisotopic (exact) mass is 362 g/mol. The molecule has 0 radical (unpaired) electrons. The van der Waals surface area contributed by atoms with Gasteiger partial charge < -0.3 is 19.7 Å². The third-order valence-electron chi connectivity index (χ3n) is 4.58. The minimum absolute atomic E-state index is 0.0592. The lowest BCUT2D eigenvalue weighted by atomic mass is 9.94. The molecule has 0 aromatic heterocycles. The number of phenolic OH excluding ortho intramolecular Hbond substituents is 1. The Morgan fingerprint density at radius 1 is 1.35 bits per heavy atom. The van der Waals surface area contributed by atoms with Crippen molar-refractivity contribution in [3.05, 3.63) is 33.9 Å². The minimum atomic E-state index is -0.847. The van der Waals surface area contributed by atoms with Crippen molar-refractivity contribution in [2.45, 2.75) is 59.5 Å². The molecule has 0 aliphatic carbocycles. The van der Waals surface area contributed by atoms with E-state index in [4.69, 9.17) is 14.6 Å². The zero-order chi connectivity index (χ0) is 19.3. The SMILES string of the molecule is CCCCOc1c(C)c2c(c(O)c1C/C=C(\C)CCC(=O)O)C(=O)OC2. The molecule has 6 nitrogen and oxygen atoms in total. The fourth-order valence-corrected chi connectivity index (χ4v) is 2.95. The van der Waals surface area contributed by atoms with Crippen LogP contribution >= 0.6 is 0 Å². The highest BCUT2D eigenvalue weighted by atomic mass is 16.5. The molecule has 142 valence electrons. The van der Waals surface area contributed by atoms with E-state index in [1.165, 1.54) is 0 Å². The van der Waals surface area contributed by atoms with E-state index in [2.05, 4.69) is 6.92 Å². The molecule has 26 heavy (non-hydrogen) atoms. The quantitative estimate of drug-likeness (QED) is 0.393. The maximum atomic E-state index is 12.0. The number of rotatable bonds is 9. The summed E-state index contributed by atoms with van der Waals surface area (Å²) in [7, 11) is 0. The van der Waals surface area contributed by atoms with Crippen molar-refractivity contribution in [1.29, 1.82) is 0 Å². The van der Waals surface area contributed by atoms with Crippen molar-refractivity contribution < 1.29 is 29.3 Å². The van der Waals surface area contributed by atoms with Crippen LogP contribution in [0.5, 0.6) is 11.5 Å². The van der Waals surface area contributed by atoms with Gasteiger partial charge in [-0.1, -0.05) is 25.0 Å². The summed E-state index contributed by atoms with van der Waals surface area (Å²) in [6, 6.07) is 0. The highest BCUT2D eigenvalue weighted by Crippen LogP contribution is 2.42. The lowest BCUT2D eigenvalue weighted by Gasteiger charge is -2.18. The van der Waals surface area contributed by atoms with Crippen LogP contribution in [0.15, 0.2) is 11.6 Å². The number of hydrogen-bond donors (Lipinski definition) is 2. The van der Waals surface area contributed by atoms with Crippen LogP contribution in [0.4, 0.5) is 0 Å². The van der Waals surface area contributed by atoms with E-state index in [1.807, 2.05) is 19.9 Å². The Morgan fingerprint density at radius 2 is 2.08 bits per heavy atom. The smallest absolute Gasteiger partial charge is 0.342 e. The molecular formula is C20H26O6. The number of ether oxygens (including phenoxy) is 2. The molecule has 0 unspecified atom stereocenters. The van der Waals surface area contributed by atoms with Crippen LogP contribution < -0.4 is 4.74 Å². The fourth-order valence-electron chi connectivity index (χ4n) is 2.95. The predicted molar refractivity (Wildman–Crippen MR) is 96.7 cm³/mol. The number of carbonyl (C=O) groups is 2. The summed E-state index contributed by atoms with van der Waals surface area (Å²) in [4.78, 5) is 22.7. The standard InChI is InChI=1S/C20H26O6/c1-4-5-10-25-19-13(3)15-11-26-20(24)17(15)18(23)14(19)8-6-12(2)7-9-16(21)22/h6,23H,4-5,7-11H2,1-3H3,(H,21,22)/b12-6+. The first-order valence-electron chi connectivity index (χ1n) is 8.91. The number of carboxylic acids is 1. The third-order valence-corrected chi connectivity index (χ3v) is 4.58. The Balaban J connectivity index is 2.37. The summed E-state index contributed by atoms with van der Waals surface area (Å²) in [5.74, 6) is -0.869. The molecule has 0 spiro atoms. The molecule has 0 saturated carbocycles. The van der Waals surface area contributed by atoms with Gasteiger partial charge in [0.15, 0.2) is 0 Å². The van der Waals surface area contributed by atoms with Gasteiger partial charge >= 0.3 is 11.9 Å². The number of allylic oxidation sites excluding steroid dienone is 2. The van der Waals surface area contributed by atoms with Crippen molar-refractivity contribution in [3.8, 4) is 11.5 Å². The molecule has 2 N–H and O–H groups in total. The Kier molecular flexibility index (Phi) is 6.66. The molecule has 2 rings (SSSR count). The molecule has 6 heteroatoms. The maximum absolute atomic E-state index is 12.0. The summed E-state index contributed by atoms with van der Waals surface area (Å²) < 4.78 is 11.0. The molecule has 1 heterocycles. The van der Waals surface area contributed by atoms with Gasteiger partial charge in [0.25, 0.3) is 0 Å². The van der Waals surface area contributed by atoms with Crippen LogP contribution in [0, 0.1) is 6.92 Å². The number of esters is 1. The maximum Gasteiger partial charge on any atom is 0.342 e. The average Bonchev–Trinajstić information content (AvgIpc) is 2.99. The van der Waals surface area contributed by atoms with Gasteiger partial charge in [0.2, 0.25) is 0 Å². The molecule has 1 aliphatic rings. The van der Waals surface area contributed by atoms with Crippen LogP contribution in [0.3, 0.4) is 0 Å². The van der Waals surface area contributed by atoms with Crippen molar-refractivity contribution >= 4 is 11.9 Å². The van der Waals surface area contributed by atoms with Gasteiger partial charge in [-0.05, 0) is 38.7 Å². The van der Waals surface area contributed by atoms with Gasteiger partial charge in [-0.2, -0.15) is 0 Å². The number of carbonyl (C=O) groups excluding carboxylic acids is 1. The second-order valence-corrected chi connectivity index (χ2v) is 6.56. The van der Waals surface area contributed by atoms with E-state index in [9.17, 15) is 14.7 Å². The molecule has 0 saturated heterocycles. The molecular weight excluding hydrogens is 336 g/mol. The van der Waals surface area contributed by atoms with Crippen LogP contribution in [0.1, 0.15) is 66.6 Å². The first kappa shape index (κ1) is 19.8. The number of hydrogen-bond acceptors (Lipinski definition) is 5. The Hall–Kier alpha value is -2.50. The van der Waals surface area contributed by atoms with E-state index in [-0.39, 0.29) is 24.3 Å². The normalized spacial score (nSPS) is 13.5. The van der Waals surface area contributed by atoms with Crippen molar-refractivity contribution in [1.82, 2.24) is 0 Å². The summed E-state index contributed by atoms with van der Waals surface area (Å²) in [5, 5.41) is 19.5. The number of aromatic hydroxyl groups is 1. The second kappa shape index (κ2) is 8.74. The Morgan fingerprint density at radius 3 is 2.73 bits per heavy atom. The van der Waals surface area contributed by atoms with E-state index >= 15 is 0 Å². The summed E-state index contributed by atoms with van der Waals surface area (Å²) in [5.41, 5.74) is 3.16. The topological polar surface area (TPSA) is 93.1 Å². The van der Waals surface area contributed by atoms with Crippen LogP contribution in [-0.2, 0) is 22.6 Å². The summed E-state index contributed by atoms with van der Waals surface area (Å²) >= 11 is 0. The summed E-state index contributed by atoms with van der Waals surface area (Å²) in [6.45, 7) is 6.46. The lowest BCUT2D eigenvalue weighted by Crippen LogP contribution is -2.06. The molecule has 0 atom stereocenters. The second-order valence-electron chi connectivity index (χ2n) is 6.56. The third kappa shape index (κ3) is 4.36. The molecule has 0 bridgehead atoms. The van der Waals surface area contributed by atoms with Gasteiger partial charge in [-0.25, -0.2) is 4.79 Å². The van der Waals surface area contributed by atoms with E-state index in [1.54, 1.807) is 0 Å². The zero-order valence-corrected chi connectivity index (χ0v) is 15.6. The van der Waals surface area contributed by atoms with Gasteiger partial charge in [0.05, 0.1) is 6.61 Å². The van der Waals surface area contributed by atoms with Crippen LogP contribution in [-0.4, -0.2) is 28.8 Å². The lowest BCUT2D eigenvalue weighted by molar-refractivity contribution is -0.136. The highest BCUT2D eigenvalue weighted by Gasteiger charge is 2.32. The average molecular weight is 362 g/mol. The van der Waals surface area contributed by atoms with E-state index < -0.39 is 11.9 Å². The van der Waals surface area contributed by atoms with E-state index in [0.29, 0.717) is 36.3 Å². The highest BCUT2D eigenvalue weighted by molar-refractivity contribution is 5.98. The molecule has 1 aliphatic heterocycles. The Labute approximate surface area is 153 Å². The molecule has 0 amide bonds. The van der Waals surface area contributed by atoms with E-state index in [0.717, 1.165) is 24.0 Å². The number of carboxylic acid groups (broad SMARTS) is 1. The number of cyclic esters (lactones) is 1. The fraction of sp³-hybridized carbons (Fsp3) is 0.500. The number of benzene rings is 1. The first-order chi connectivity index (χ1) is 12.4. The molecule has 1 aromatic carbocycles. The van der Waals surface area contributed by atoms with Crippen LogP contribution in [0.25, 0.3) is 0 Å². The largest absolute Gasteiger partial charge is 0.507 e. The van der Waals surface area contributed by atoms with Gasteiger partial charge in [-0.15, -0.1) is 0 Å². The van der Waals surface area contributed by atoms with Crippen LogP contribution in [0.2, 0.25) is 0 Å². The minimum Gasteiger partial charge on any atom is -0.507 e. The first-order valence-corrected chi connectivity index (χ1v) is 8.91. The number of unbranched alkanes of at least 4 members (excludes halogenated alkanes) is 1. The molecule has 1 aromatic rings. The number of aliphatic carboxylic acids is 1. The predicted octanol–water partition coefficient (Wildman–Crippen LogP) is 3.90. The number of fused-ring (bicyclic) bond motifs is 1.